The van der Waals surface area contributed by atoms with Crippen molar-refractivity contribution in [3.63, 3.8) is 0 Å². The molecule has 0 bridgehead atoms. The van der Waals surface area contributed by atoms with E-state index in [0.717, 1.165) is 6.42 Å². The molecule has 1 atom stereocenters. The molecular weight excluding hydrogens is 224 g/mol. The average Bonchev–Trinajstić information content (AvgIpc) is 2.68. The van der Waals surface area contributed by atoms with Crippen LogP contribution in [0.5, 0.6) is 0 Å². The molecule has 1 fully saturated rings. The maximum absolute atomic E-state index is 11.7. The molecule has 96 valence electrons. The van der Waals surface area contributed by atoms with Gasteiger partial charge in [-0.15, -0.1) is 0 Å². The molecule has 0 amide bonds. The third-order valence-electron chi connectivity index (χ3n) is 3.57. The molecule has 0 radical (unpaired) electrons. The zero-order valence-electron chi connectivity index (χ0n) is 11.3. The van der Waals surface area contributed by atoms with E-state index in [9.17, 15) is 4.79 Å². The van der Waals surface area contributed by atoms with Crippen molar-refractivity contribution in [2.45, 2.75) is 33.1 Å². The predicted molar refractivity (Wildman–Crippen MR) is 73.2 cm³/mol. The molecule has 0 spiro atoms. The van der Waals surface area contributed by atoms with Crippen LogP contribution in [0.25, 0.3) is 6.08 Å². The molecule has 0 aromatic heterocycles. The topological polar surface area (TPSA) is 26.3 Å². The third kappa shape index (κ3) is 2.47. The Labute approximate surface area is 109 Å². The van der Waals surface area contributed by atoms with Gasteiger partial charge in [-0.1, -0.05) is 50.3 Å². The molecule has 2 rings (SSSR count). The van der Waals surface area contributed by atoms with Crippen LogP contribution in [0.4, 0.5) is 0 Å². The highest BCUT2D eigenvalue weighted by Crippen LogP contribution is 2.32. The van der Waals surface area contributed by atoms with Gasteiger partial charge in [-0.05, 0) is 24.0 Å². The molecule has 1 aromatic carbocycles. The van der Waals surface area contributed by atoms with Crippen molar-refractivity contribution in [3.8, 4) is 0 Å². The Hall–Kier alpha value is -1.57. The van der Waals surface area contributed by atoms with Gasteiger partial charge in [0.2, 0.25) is 0 Å². The Morgan fingerprint density at radius 3 is 2.67 bits per heavy atom. The number of cyclic esters (lactones) is 1. The maximum Gasteiger partial charge on any atom is 0.315 e. The predicted octanol–water partition coefficient (Wildman–Crippen LogP) is 3.78. The number of hydrogen-bond donors (Lipinski definition) is 0. The summed E-state index contributed by atoms with van der Waals surface area (Å²) >= 11 is 0. The highest BCUT2D eigenvalue weighted by molar-refractivity contribution is 5.81. The molecule has 2 nitrogen and oxygen atoms in total. The first-order chi connectivity index (χ1) is 8.53. The number of benzene rings is 1. The van der Waals surface area contributed by atoms with Crippen LogP contribution in [0.1, 0.15) is 44.2 Å². The van der Waals surface area contributed by atoms with Crippen molar-refractivity contribution in [3.05, 3.63) is 41.5 Å². The molecule has 0 aliphatic carbocycles. The molecule has 18 heavy (non-hydrogen) atoms. The first kappa shape index (κ1) is 12.9. The van der Waals surface area contributed by atoms with E-state index in [1.54, 1.807) is 0 Å². The Bertz CT molecular complexity index is 474. The molecule has 1 aromatic rings. The first-order valence-corrected chi connectivity index (χ1v) is 6.48. The van der Waals surface area contributed by atoms with Crippen LogP contribution in [0.2, 0.25) is 0 Å². The average molecular weight is 244 g/mol. The summed E-state index contributed by atoms with van der Waals surface area (Å²) < 4.78 is 5.04. The van der Waals surface area contributed by atoms with Gasteiger partial charge >= 0.3 is 5.97 Å². The van der Waals surface area contributed by atoms with Gasteiger partial charge in [-0.3, -0.25) is 4.79 Å². The Morgan fingerprint density at radius 2 is 2.06 bits per heavy atom. The second-order valence-corrected chi connectivity index (χ2v) is 5.42. The lowest BCUT2D eigenvalue weighted by Gasteiger charge is -2.14. The lowest BCUT2D eigenvalue weighted by atomic mass is 9.87. The highest BCUT2D eigenvalue weighted by atomic mass is 16.5. The summed E-state index contributed by atoms with van der Waals surface area (Å²) in [4.78, 5) is 11.7. The minimum atomic E-state index is -0.454. The fourth-order valence-corrected chi connectivity index (χ4v) is 2.24. The van der Waals surface area contributed by atoms with Gasteiger partial charge in [0.25, 0.3) is 0 Å². The van der Waals surface area contributed by atoms with Crippen LogP contribution < -0.4 is 0 Å². The molecule has 1 aliphatic heterocycles. The number of rotatable bonds is 3. The van der Waals surface area contributed by atoms with E-state index in [4.69, 9.17) is 4.74 Å². The van der Waals surface area contributed by atoms with E-state index in [0.29, 0.717) is 12.5 Å². The molecule has 1 saturated heterocycles. The molecule has 0 saturated carbocycles. The summed E-state index contributed by atoms with van der Waals surface area (Å²) in [7, 11) is 0. The van der Waals surface area contributed by atoms with Gasteiger partial charge in [0, 0.05) is 6.42 Å². The van der Waals surface area contributed by atoms with Crippen molar-refractivity contribution in [2.24, 2.45) is 5.41 Å². The van der Waals surface area contributed by atoms with E-state index in [1.807, 2.05) is 19.1 Å². The van der Waals surface area contributed by atoms with Gasteiger partial charge in [0.15, 0.2) is 0 Å². The van der Waals surface area contributed by atoms with Crippen molar-refractivity contribution < 1.29 is 9.53 Å². The number of hydrogen-bond acceptors (Lipinski definition) is 2. The van der Waals surface area contributed by atoms with Crippen LogP contribution >= 0.6 is 0 Å². The lowest BCUT2D eigenvalue weighted by molar-refractivity contribution is -0.143. The van der Waals surface area contributed by atoms with Crippen LogP contribution in [-0.4, -0.2) is 12.6 Å². The fraction of sp³-hybridized carbons (Fsp3) is 0.438. The normalized spacial score (nSPS) is 23.9. The number of esters is 1. The van der Waals surface area contributed by atoms with E-state index >= 15 is 0 Å². The zero-order chi connectivity index (χ0) is 13.2. The minimum absolute atomic E-state index is 0.110. The Kier molecular flexibility index (Phi) is 3.55. The SMILES string of the molecule is CC(C)c1ccccc1/C=C/C1(C)CCOC1=O. The number of carbonyl (C=O) groups is 1. The van der Waals surface area contributed by atoms with Gasteiger partial charge in [-0.2, -0.15) is 0 Å². The van der Waals surface area contributed by atoms with E-state index in [-0.39, 0.29) is 5.97 Å². The smallest absolute Gasteiger partial charge is 0.315 e. The van der Waals surface area contributed by atoms with Crippen LogP contribution in [0, 0.1) is 5.41 Å². The first-order valence-electron chi connectivity index (χ1n) is 6.48. The van der Waals surface area contributed by atoms with Gasteiger partial charge < -0.3 is 4.74 Å². The standard InChI is InChI=1S/C16H20O2/c1-12(2)14-7-5-4-6-13(14)8-9-16(3)10-11-18-15(16)17/h4-9,12H,10-11H2,1-3H3/b9-8+. The number of carbonyl (C=O) groups excluding carboxylic acids is 1. The van der Waals surface area contributed by atoms with Crippen molar-refractivity contribution in [1.82, 2.24) is 0 Å². The van der Waals surface area contributed by atoms with Crippen LogP contribution in [0.15, 0.2) is 30.3 Å². The largest absolute Gasteiger partial charge is 0.465 e. The van der Waals surface area contributed by atoms with Crippen LogP contribution in [0.3, 0.4) is 0 Å². The third-order valence-corrected chi connectivity index (χ3v) is 3.57. The quantitative estimate of drug-likeness (QED) is 0.756. The molecule has 1 heterocycles. The van der Waals surface area contributed by atoms with Gasteiger partial charge in [0.05, 0.1) is 12.0 Å². The summed E-state index contributed by atoms with van der Waals surface area (Å²) in [6, 6.07) is 8.31. The monoisotopic (exact) mass is 244 g/mol. The molecule has 2 heteroatoms. The highest BCUT2D eigenvalue weighted by Gasteiger charge is 2.37. The second-order valence-electron chi connectivity index (χ2n) is 5.42. The number of ether oxygens (including phenoxy) is 1. The lowest BCUT2D eigenvalue weighted by Crippen LogP contribution is -2.18. The van der Waals surface area contributed by atoms with Crippen molar-refractivity contribution >= 4 is 12.0 Å². The molecule has 1 unspecified atom stereocenters. The molecule has 0 N–H and O–H groups in total. The van der Waals surface area contributed by atoms with Crippen molar-refractivity contribution in [2.75, 3.05) is 6.61 Å². The van der Waals surface area contributed by atoms with Crippen LogP contribution in [-0.2, 0) is 9.53 Å². The van der Waals surface area contributed by atoms with E-state index < -0.39 is 5.41 Å². The van der Waals surface area contributed by atoms with E-state index in [1.165, 1.54) is 11.1 Å². The maximum atomic E-state index is 11.7. The zero-order valence-corrected chi connectivity index (χ0v) is 11.3. The summed E-state index contributed by atoms with van der Waals surface area (Å²) in [5.41, 5.74) is 2.04. The van der Waals surface area contributed by atoms with Gasteiger partial charge in [-0.25, -0.2) is 0 Å². The fourth-order valence-electron chi connectivity index (χ4n) is 2.24. The van der Waals surface area contributed by atoms with E-state index in [2.05, 4.69) is 38.1 Å². The summed E-state index contributed by atoms with van der Waals surface area (Å²) in [6.07, 6.45) is 4.82. The minimum Gasteiger partial charge on any atom is -0.465 e. The molecular formula is C16H20O2. The second kappa shape index (κ2) is 4.97. The molecule has 1 aliphatic rings. The Balaban J connectivity index is 2.26. The Morgan fingerprint density at radius 1 is 1.33 bits per heavy atom. The van der Waals surface area contributed by atoms with Crippen molar-refractivity contribution in [1.29, 1.82) is 0 Å². The summed E-state index contributed by atoms with van der Waals surface area (Å²) in [5.74, 6) is 0.370. The summed E-state index contributed by atoms with van der Waals surface area (Å²) in [5, 5.41) is 0. The summed E-state index contributed by atoms with van der Waals surface area (Å²) in [6.45, 7) is 6.83. The van der Waals surface area contributed by atoms with Gasteiger partial charge in [0.1, 0.15) is 0 Å².